The Balaban J connectivity index is 1.73. The normalized spacial score (nSPS) is 13.8. The molecule has 1 atom stereocenters. The van der Waals surface area contributed by atoms with E-state index in [-0.39, 0.29) is 61.1 Å². The van der Waals surface area contributed by atoms with Gasteiger partial charge in [-0.05, 0) is 36.6 Å². The highest BCUT2D eigenvalue weighted by Crippen LogP contribution is 2.47. The Morgan fingerprint density at radius 1 is 1.16 bits per heavy atom. The van der Waals surface area contributed by atoms with Crippen molar-refractivity contribution in [1.29, 1.82) is 10.5 Å². The molecule has 11 heteroatoms. The number of amides is 1. The lowest BCUT2D eigenvalue weighted by Gasteiger charge is -2.35. The van der Waals surface area contributed by atoms with Gasteiger partial charge in [-0.15, -0.1) is 11.3 Å². The minimum Gasteiger partial charge on any atom is -0.389 e. The number of nitriles is 2. The van der Waals surface area contributed by atoms with Crippen molar-refractivity contribution >= 4 is 49.7 Å². The lowest BCUT2D eigenvalue weighted by molar-refractivity contribution is 0.0672. The van der Waals surface area contributed by atoms with E-state index in [0.717, 1.165) is 17.4 Å². The maximum absolute atomic E-state index is 16.1. The van der Waals surface area contributed by atoms with Crippen LogP contribution in [-0.2, 0) is 6.42 Å². The third kappa shape index (κ3) is 3.57. The van der Waals surface area contributed by atoms with Gasteiger partial charge in [-0.2, -0.15) is 10.5 Å². The van der Waals surface area contributed by atoms with E-state index >= 15 is 4.39 Å². The van der Waals surface area contributed by atoms with Crippen LogP contribution in [-0.4, -0.2) is 22.3 Å². The van der Waals surface area contributed by atoms with Gasteiger partial charge >= 0.3 is 0 Å². The van der Waals surface area contributed by atoms with E-state index in [1.54, 1.807) is 19.1 Å². The highest BCUT2D eigenvalue weighted by Gasteiger charge is 2.37. The standard InChI is InChI=1S/C26H17ClF2N6OS/c1-11(12-3-2-7-34-24(12)32)35-8-6-14-19(26(35)36)15(9-30)22(29)20(21(14)27)13-4-5-17(28)23-18(13)16(10-31)25(33)37-23/h2-5,7,11H,6,8,33H2,1H3,(H2,32,34)/t11-/m1/s1. The summed E-state index contributed by atoms with van der Waals surface area (Å²) in [5.41, 5.74) is 12.2. The lowest BCUT2D eigenvalue weighted by atomic mass is 9.87. The molecule has 0 unspecified atom stereocenters. The fraction of sp³-hybridized carbons (Fsp3) is 0.154. The van der Waals surface area contributed by atoms with Gasteiger partial charge in [-0.3, -0.25) is 4.79 Å². The Morgan fingerprint density at radius 3 is 2.57 bits per heavy atom. The van der Waals surface area contributed by atoms with Crippen LogP contribution in [0.1, 0.15) is 45.6 Å². The number of thiophene rings is 1. The van der Waals surface area contributed by atoms with Gasteiger partial charge in [0.05, 0.1) is 26.9 Å². The highest BCUT2D eigenvalue weighted by molar-refractivity contribution is 7.23. The molecule has 4 N–H and O–H groups in total. The summed E-state index contributed by atoms with van der Waals surface area (Å²) in [6, 6.07) is 9.14. The molecule has 4 aromatic rings. The number of pyridine rings is 1. The van der Waals surface area contributed by atoms with Gasteiger partial charge in [0.2, 0.25) is 0 Å². The number of aromatic nitrogens is 1. The first kappa shape index (κ1) is 24.4. The van der Waals surface area contributed by atoms with E-state index in [9.17, 15) is 19.7 Å². The van der Waals surface area contributed by atoms with Crippen molar-refractivity contribution in [3.63, 3.8) is 0 Å². The number of rotatable bonds is 3. The first-order chi connectivity index (χ1) is 17.7. The van der Waals surface area contributed by atoms with Gasteiger partial charge in [0.25, 0.3) is 5.91 Å². The summed E-state index contributed by atoms with van der Waals surface area (Å²) in [5, 5.41) is 19.7. The predicted molar refractivity (Wildman–Crippen MR) is 138 cm³/mol. The maximum Gasteiger partial charge on any atom is 0.256 e. The zero-order valence-electron chi connectivity index (χ0n) is 19.3. The molecule has 0 bridgehead atoms. The molecule has 0 saturated heterocycles. The van der Waals surface area contributed by atoms with Gasteiger partial charge in [-0.25, -0.2) is 13.8 Å². The molecule has 184 valence electrons. The largest absolute Gasteiger partial charge is 0.389 e. The molecule has 1 aliphatic heterocycles. The topological polar surface area (TPSA) is 133 Å². The van der Waals surface area contributed by atoms with Gasteiger partial charge in [0, 0.05) is 29.3 Å². The smallest absolute Gasteiger partial charge is 0.256 e. The molecule has 1 amide bonds. The number of fused-ring (bicyclic) bond motifs is 2. The number of anilines is 2. The summed E-state index contributed by atoms with van der Waals surface area (Å²) in [6.07, 6.45) is 1.77. The first-order valence-corrected chi connectivity index (χ1v) is 12.3. The molecule has 0 fully saturated rings. The first-order valence-electron chi connectivity index (χ1n) is 11.1. The van der Waals surface area contributed by atoms with Crippen LogP contribution in [0.5, 0.6) is 0 Å². The number of nitrogens with two attached hydrogens (primary N) is 2. The minimum absolute atomic E-state index is 0.00803. The molecule has 2 aromatic heterocycles. The van der Waals surface area contributed by atoms with Crippen LogP contribution >= 0.6 is 22.9 Å². The van der Waals surface area contributed by atoms with Crippen LogP contribution in [0.15, 0.2) is 30.5 Å². The summed E-state index contributed by atoms with van der Waals surface area (Å²) in [6.45, 7) is 2.00. The fourth-order valence-electron chi connectivity index (χ4n) is 4.86. The molecule has 7 nitrogen and oxygen atoms in total. The van der Waals surface area contributed by atoms with Crippen molar-refractivity contribution in [1.82, 2.24) is 9.88 Å². The zero-order valence-corrected chi connectivity index (χ0v) is 20.8. The molecular weight excluding hydrogens is 518 g/mol. The highest BCUT2D eigenvalue weighted by atomic mass is 35.5. The molecule has 0 saturated carbocycles. The zero-order chi connectivity index (χ0) is 26.6. The van der Waals surface area contributed by atoms with Crippen LogP contribution in [0.25, 0.3) is 21.2 Å². The summed E-state index contributed by atoms with van der Waals surface area (Å²) in [5.74, 6) is -1.96. The molecule has 3 heterocycles. The Hall–Kier alpha value is -4.25. The average Bonchev–Trinajstić information content (AvgIpc) is 3.23. The average molecular weight is 535 g/mol. The summed E-state index contributed by atoms with van der Waals surface area (Å²) in [7, 11) is 0. The van der Waals surface area contributed by atoms with E-state index in [0.29, 0.717) is 11.1 Å². The van der Waals surface area contributed by atoms with Gasteiger partial charge in [-0.1, -0.05) is 23.7 Å². The number of carbonyl (C=O) groups excluding carboxylic acids is 1. The van der Waals surface area contributed by atoms with Gasteiger partial charge < -0.3 is 16.4 Å². The Kier molecular flexibility index (Phi) is 5.95. The van der Waals surface area contributed by atoms with E-state index in [2.05, 4.69) is 4.98 Å². The van der Waals surface area contributed by atoms with E-state index in [4.69, 9.17) is 23.1 Å². The molecule has 0 radical (unpaired) electrons. The Bertz CT molecular complexity index is 1720. The van der Waals surface area contributed by atoms with Crippen molar-refractivity contribution in [2.75, 3.05) is 18.0 Å². The number of hydrogen-bond acceptors (Lipinski definition) is 7. The monoisotopic (exact) mass is 534 g/mol. The number of halogens is 3. The molecule has 37 heavy (non-hydrogen) atoms. The second kappa shape index (κ2) is 9.00. The van der Waals surface area contributed by atoms with Gasteiger partial charge in [0.1, 0.15) is 34.3 Å². The second-order valence-electron chi connectivity index (χ2n) is 8.50. The molecule has 1 aliphatic rings. The molecular formula is C26H17ClF2N6OS. The maximum atomic E-state index is 16.1. The number of nitrogen functional groups attached to an aromatic ring is 2. The summed E-state index contributed by atoms with van der Waals surface area (Å²) in [4.78, 5) is 19.2. The fourth-order valence-corrected chi connectivity index (χ4v) is 6.18. The summed E-state index contributed by atoms with van der Waals surface area (Å²) >= 11 is 7.58. The predicted octanol–water partition coefficient (Wildman–Crippen LogP) is 5.56. The molecule has 0 aliphatic carbocycles. The Labute approximate surface area is 219 Å². The third-order valence-electron chi connectivity index (χ3n) is 6.65. The molecule has 2 aromatic carbocycles. The Morgan fingerprint density at radius 2 is 1.89 bits per heavy atom. The SMILES string of the molecule is C[C@H](c1cccnc1N)N1CCc2c(Cl)c(-c3ccc(F)c4sc(N)c(C#N)c34)c(F)c(C#N)c2C1=O. The van der Waals surface area contributed by atoms with Crippen LogP contribution in [0.4, 0.5) is 19.6 Å². The van der Waals surface area contributed by atoms with Crippen molar-refractivity contribution in [2.45, 2.75) is 19.4 Å². The number of nitrogens with zero attached hydrogens (tertiary/aromatic N) is 4. The quantitative estimate of drug-likeness (QED) is 0.353. The van der Waals surface area contributed by atoms with E-state index in [1.165, 1.54) is 17.2 Å². The van der Waals surface area contributed by atoms with E-state index in [1.807, 2.05) is 12.1 Å². The van der Waals surface area contributed by atoms with Crippen molar-refractivity contribution < 1.29 is 13.6 Å². The number of hydrogen-bond donors (Lipinski definition) is 2. The molecule has 5 rings (SSSR count). The van der Waals surface area contributed by atoms with Crippen LogP contribution in [0.2, 0.25) is 5.02 Å². The molecule has 0 spiro atoms. The van der Waals surface area contributed by atoms with Crippen molar-refractivity contribution in [3.8, 4) is 23.3 Å². The van der Waals surface area contributed by atoms with Crippen LogP contribution < -0.4 is 11.5 Å². The second-order valence-corrected chi connectivity index (χ2v) is 9.93. The van der Waals surface area contributed by atoms with Crippen LogP contribution in [0, 0.1) is 34.3 Å². The van der Waals surface area contributed by atoms with Crippen molar-refractivity contribution in [3.05, 3.63) is 74.9 Å². The minimum atomic E-state index is -1.03. The third-order valence-corrected chi connectivity index (χ3v) is 8.10. The van der Waals surface area contributed by atoms with E-state index < -0.39 is 29.1 Å². The number of carbonyl (C=O) groups is 1. The lowest BCUT2D eigenvalue weighted by Crippen LogP contribution is -2.40. The number of benzene rings is 2. The summed E-state index contributed by atoms with van der Waals surface area (Å²) < 4.78 is 30.7. The van der Waals surface area contributed by atoms with Crippen LogP contribution in [0.3, 0.4) is 0 Å². The van der Waals surface area contributed by atoms with Crippen molar-refractivity contribution in [2.24, 2.45) is 0 Å². The van der Waals surface area contributed by atoms with Gasteiger partial charge in [0.15, 0.2) is 5.82 Å².